The molecular formula is C17H20N2O2. The van der Waals surface area contributed by atoms with Crippen LogP contribution in [0.2, 0.25) is 0 Å². The van der Waals surface area contributed by atoms with Crippen molar-refractivity contribution in [2.24, 2.45) is 11.8 Å². The number of rotatable bonds is 4. The Morgan fingerprint density at radius 1 is 1.24 bits per heavy atom. The minimum atomic E-state index is -0.744. The number of hydrogen-bond acceptors (Lipinski definition) is 2. The number of aliphatic carboxylic acids is 1. The molecule has 21 heavy (non-hydrogen) atoms. The number of imidazole rings is 1. The van der Waals surface area contributed by atoms with Gasteiger partial charge in [0.2, 0.25) is 0 Å². The van der Waals surface area contributed by atoms with Crippen molar-refractivity contribution in [1.82, 2.24) is 9.55 Å². The second kappa shape index (κ2) is 4.86. The molecule has 2 unspecified atom stereocenters. The van der Waals surface area contributed by atoms with Gasteiger partial charge in [0.15, 0.2) is 0 Å². The van der Waals surface area contributed by atoms with Crippen LogP contribution in [0.3, 0.4) is 0 Å². The van der Waals surface area contributed by atoms with Crippen LogP contribution in [0.25, 0.3) is 11.0 Å². The van der Waals surface area contributed by atoms with Crippen molar-refractivity contribution in [2.45, 2.75) is 44.6 Å². The lowest BCUT2D eigenvalue weighted by molar-refractivity contribution is -0.137. The van der Waals surface area contributed by atoms with Crippen LogP contribution in [-0.4, -0.2) is 20.6 Å². The lowest BCUT2D eigenvalue weighted by Crippen LogP contribution is -2.08. The number of aryl methyl sites for hydroxylation is 1. The number of para-hydroxylation sites is 2. The minimum absolute atomic E-state index is 0.162. The van der Waals surface area contributed by atoms with Gasteiger partial charge in [-0.15, -0.1) is 0 Å². The Labute approximate surface area is 123 Å². The molecular weight excluding hydrogens is 264 g/mol. The van der Waals surface area contributed by atoms with Gasteiger partial charge in [-0.3, -0.25) is 4.79 Å². The van der Waals surface area contributed by atoms with E-state index in [0.29, 0.717) is 12.5 Å². The number of hydrogen-bond donors (Lipinski definition) is 1. The van der Waals surface area contributed by atoms with Crippen LogP contribution in [0.15, 0.2) is 24.3 Å². The van der Waals surface area contributed by atoms with Gasteiger partial charge < -0.3 is 9.67 Å². The first-order chi connectivity index (χ1) is 10.3. The summed E-state index contributed by atoms with van der Waals surface area (Å²) < 4.78 is 2.16. The zero-order valence-corrected chi connectivity index (χ0v) is 12.0. The van der Waals surface area contributed by atoms with Crippen LogP contribution in [0, 0.1) is 11.8 Å². The predicted octanol–water partition coefficient (Wildman–Crippen LogP) is 3.41. The van der Waals surface area contributed by atoms with E-state index in [1.165, 1.54) is 25.7 Å². The Morgan fingerprint density at radius 2 is 1.95 bits per heavy atom. The van der Waals surface area contributed by atoms with Crippen molar-refractivity contribution in [3.05, 3.63) is 30.1 Å². The molecule has 0 spiro atoms. The molecule has 110 valence electrons. The number of carbonyl (C=O) groups is 1. The molecule has 1 aromatic carbocycles. The lowest BCUT2D eigenvalue weighted by atomic mass is 10.0. The molecule has 1 aromatic heterocycles. The number of fused-ring (bicyclic) bond motifs is 2. The van der Waals surface area contributed by atoms with E-state index < -0.39 is 5.97 Å². The molecule has 1 N–H and O–H groups in total. The van der Waals surface area contributed by atoms with Crippen LogP contribution < -0.4 is 0 Å². The normalized spacial score (nSPS) is 27.5. The first kappa shape index (κ1) is 12.9. The smallest absolute Gasteiger partial charge is 0.305 e. The fraction of sp³-hybridized carbons (Fsp3) is 0.529. The summed E-state index contributed by atoms with van der Waals surface area (Å²) in [6.07, 6.45) is 5.48. The fourth-order valence-corrected chi connectivity index (χ4v) is 4.17. The topological polar surface area (TPSA) is 55.1 Å². The van der Waals surface area contributed by atoms with Gasteiger partial charge in [-0.1, -0.05) is 25.0 Å². The molecule has 0 radical (unpaired) electrons. The summed E-state index contributed by atoms with van der Waals surface area (Å²) >= 11 is 0. The van der Waals surface area contributed by atoms with E-state index in [9.17, 15) is 4.79 Å². The van der Waals surface area contributed by atoms with E-state index in [1.54, 1.807) is 0 Å². The molecule has 0 aliphatic heterocycles. The number of carboxylic acid groups (broad SMARTS) is 1. The van der Waals surface area contributed by atoms with E-state index in [-0.39, 0.29) is 6.42 Å². The first-order valence-corrected chi connectivity index (χ1v) is 7.92. The Balaban J connectivity index is 1.73. The standard InChI is InChI=1S/C17H20N2O2/c20-15(21)9-10-19-14-8-4-3-7-13(14)18-17(19)16-11-5-1-2-6-12(11)16/h3-4,7-8,11-12,16H,1-2,5-6,9-10H2,(H,20,21). The van der Waals surface area contributed by atoms with Crippen LogP contribution in [0.4, 0.5) is 0 Å². The van der Waals surface area contributed by atoms with Crippen LogP contribution in [-0.2, 0) is 11.3 Å². The van der Waals surface area contributed by atoms with E-state index >= 15 is 0 Å². The summed E-state index contributed by atoms with van der Waals surface area (Å²) in [5.41, 5.74) is 2.08. The van der Waals surface area contributed by atoms with Crippen LogP contribution >= 0.6 is 0 Å². The summed E-state index contributed by atoms with van der Waals surface area (Å²) in [6, 6.07) is 8.09. The third-order valence-electron chi connectivity index (χ3n) is 5.19. The quantitative estimate of drug-likeness (QED) is 0.936. The maximum atomic E-state index is 10.9. The number of benzene rings is 1. The van der Waals surface area contributed by atoms with Crippen molar-refractivity contribution >= 4 is 17.0 Å². The molecule has 2 saturated carbocycles. The highest BCUT2D eigenvalue weighted by molar-refractivity contribution is 5.76. The molecule has 1 heterocycles. The Bertz CT molecular complexity index is 679. The molecule has 2 aliphatic carbocycles. The zero-order valence-electron chi connectivity index (χ0n) is 12.0. The van der Waals surface area contributed by atoms with Gasteiger partial charge >= 0.3 is 5.97 Å². The molecule has 4 nitrogen and oxygen atoms in total. The largest absolute Gasteiger partial charge is 0.481 e. The minimum Gasteiger partial charge on any atom is -0.481 e. The van der Waals surface area contributed by atoms with Crippen molar-refractivity contribution in [2.75, 3.05) is 0 Å². The van der Waals surface area contributed by atoms with E-state index in [2.05, 4.69) is 10.6 Å². The maximum absolute atomic E-state index is 10.9. The number of nitrogens with zero attached hydrogens (tertiary/aromatic N) is 2. The molecule has 2 atom stereocenters. The Kier molecular flexibility index (Phi) is 2.98. The third-order valence-corrected chi connectivity index (χ3v) is 5.19. The van der Waals surface area contributed by atoms with E-state index in [1.807, 2.05) is 18.2 Å². The molecule has 0 bridgehead atoms. The fourth-order valence-electron chi connectivity index (χ4n) is 4.17. The zero-order chi connectivity index (χ0) is 14.4. The Morgan fingerprint density at radius 3 is 2.67 bits per heavy atom. The highest BCUT2D eigenvalue weighted by Crippen LogP contribution is 2.61. The highest BCUT2D eigenvalue weighted by Gasteiger charge is 2.53. The van der Waals surface area contributed by atoms with E-state index in [0.717, 1.165) is 28.7 Å². The maximum Gasteiger partial charge on any atom is 0.305 e. The predicted molar refractivity (Wildman–Crippen MR) is 80.2 cm³/mol. The van der Waals surface area contributed by atoms with Gasteiger partial charge in [-0.25, -0.2) is 4.98 Å². The van der Waals surface area contributed by atoms with Crippen LogP contribution in [0.5, 0.6) is 0 Å². The lowest BCUT2D eigenvalue weighted by Gasteiger charge is -2.07. The van der Waals surface area contributed by atoms with Gasteiger partial charge in [0.25, 0.3) is 0 Å². The van der Waals surface area contributed by atoms with Crippen molar-refractivity contribution in [3.63, 3.8) is 0 Å². The monoisotopic (exact) mass is 284 g/mol. The second-order valence-electron chi connectivity index (χ2n) is 6.39. The summed E-state index contributed by atoms with van der Waals surface area (Å²) in [5, 5.41) is 9.00. The van der Waals surface area contributed by atoms with Crippen molar-refractivity contribution in [1.29, 1.82) is 0 Å². The molecule has 4 rings (SSSR count). The van der Waals surface area contributed by atoms with E-state index in [4.69, 9.17) is 10.1 Å². The average Bonchev–Trinajstić information content (AvgIpc) is 3.10. The average molecular weight is 284 g/mol. The van der Waals surface area contributed by atoms with Gasteiger partial charge in [0.05, 0.1) is 17.5 Å². The molecule has 2 aromatic rings. The summed E-state index contributed by atoms with van der Waals surface area (Å²) in [7, 11) is 0. The van der Waals surface area contributed by atoms with Gasteiger partial charge in [-0.05, 0) is 36.8 Å². The molecule has 0 amide bonds. The second-order valence-corrected chi connectivity index (χ2v) is 6.39. The number of carboxylic acids is 1. The number of aromatic nitrogens is 2. The van der Waals surface area contributed by atoms with Crippen LogP contribution in [0.1, 0.15) is 43.8 Å². The molecule has 2 fully saturated rings. The molecule has 2 aliphatic rings. The summed E-state index contributed by atoms with van der Waals surface area (Å²) in [5.74, 6) is 2.54. The summed E-state index contributed by atoms with van der Waals surface area (Å²) in [4.78, 5) is 15.8. The molecule has 4 heteroatoms. The third kappa shape index (κ3) is 2.13. The summed E-state index contributed by atoms with van der Waals surface area (Å²) in [6.45, 7) is 0.529. The van der Waals surface area contributed by atoms with Gasteiger partial charge in [0.1, 0.15) is 5.82 Å². The SMILES string of the molecule is O=C(O)CCn1c(C2C3CCCCC32)nc2ccccc21. The van der Waals surface area contributed by atoms with Gasteiger partial charge in [-0.2, -0.15) is 0 Å². The van der Waals surface area contributed by atoms with Crippen molar-refractivity contribution in [3.8, 4) is 0 Å². The van der Waals surface area contributed by atoms with Crippen molar-refractivity contribution < 1.29 is 9.90 Å². The Hall–Kier alpha value is -1.84. The molecule has 0 saturated heterocycles. The first-order valence-electron chi connectivity index (χ1n) is 7.92. The van der Waals surface area contributed by atoms with Gasteiger partial charge in [0, 0.05) is 12.5 Å². The highest BCUT2D eigenvalue weighted by atomic mass is 16.4.